The average Bonchev–Trinajstić information content (AvgIpc) is 2.67. The van der Waals surface area contributed by atoms with Gasteiger partial charge in [-0.15, -0.1) is 12.4 Å². The van der Waals surface area contributed by atoms with E-state index in [4.69, 9.17) is 0 Å². The summed E-state index contributed by atoms with van der Waals surface area (Å²) >= 11 is 0. The van der Waals surface area contributed by atoms with Gasteiger partial charge in [-0.1, -0.05) is 30.3 Å². The third-order valence-corrected chi connectivity index (χ3v) is 4.91. The first kappa shape index (κ1) is 20.3. The van der Waals surface area contributed by atoms with Crippen molar-refractivity contribution < 1.29 is 4.79 Å². The van der Waals surface area contributed by atoms with E-state index in [1.165, 1.54) is 6.42 Å². The third kappa shape index (κ3) is 5.23. The first-order valence-corrected chi connectivity index (χ1v) is 9.13. The number of carbonyl (C=O) groups excluding carboxylic acids is 1. The van der Waals surface area contributed by atoms with Crippen molar-refractivity contribution in [3.63, 3.8) is 0 Å². The molecule has 0 aliphatic carbocycles. The number of hydrogen-bond acceptors (Lipinski definition) is 3. The summed E-state index contributed by atoms with van der Waals surface area (Å²) in [5.74, 6) is 0.861. The molecule has 4 nitrogen and oxygen atoms in total. The molecule has 0 spiro atoms. The average molecular weight is 374 g/mol. The van der Waals surface area contributed by atoms with E-state index in [-0.39, 0.29) is 18.3 Å². The van der Waals surface area contributed by atoms with Crippen LogP contribution in [0.5, 0.6) is 0 Å². The maximum absolute atomic E-state index is 13.0. The zero-order valence-electron chi connectivity index (χ0n) is 15.3. The fraction of sp³-hybridized carbons (Fsp3) is 0.381. The van der Waals surface area contributed by atoms with Gasteiger partial charge >= 0.3 is 0 Å². The normalized spacial score (nSPS) is 14.6. The number of hydrogen-bond donors (Lipinski definition) is 2. The molecule has 0 radical (unpaired) electrons. The summed E-state index contributed by atoms with van der Waals surface area (Å²) in [6.07, 6.45) is 3.40. The van der Waals surface area contributed by atoms with E-state index in [0.29, 0.717) is 0 Å². The fourth-order valence-corrected chi connectivity index (χ4v) is 3.40. The zero-order chi connectivity index (χ0) is 17.5. The number of para-hydroxylation sites is 2. The van der Waals surface area contributed by atoms with Crippen LogP contribution in [0.25, 0.3) is 0 Å². The molecule has 1 fully saturated rings. The highest BCUT2D eigenvalue weighted by atomic mass is 35.5. The van der Waals surface area contributed by atoms with Gasteiger partial charge in [0.05, 0.1) is 11.3 Å². The van der Waals surface area contributed by atoms with Crippen molar-refractivity contribution in [3.05, 3.63) is 60.2 Å². The van der Waals surface area contributed by atoms with E-state index >= 15 is 0 Å². The maximum Gasteiger partial charge on any atom is 0.255 e. The molecule has 1 amide bonds. The van der Waals surface area contributed by atoms with Gasteiger partial charge in [0, 0.05) is 18.8 Å². The number of likely N-dealkylation sites (tertiary alicyclic amines) is 1. The first-order valence-electron chi connectivity index (χ1n) is 9.13. The summed E-state index contributed by atoms with van der Waals surface area (Å²) < 4.78 is 0. The quantitative estimate of drug-likeness (QED) is 0.792. The summed E-state index contributed by atoms with van der Waals surface area (Å²) in [6, 6.07) is 17.8. The van der Waals surface area contributed by atoms with Crippen LogP contribution in [0, 0.1) is 5.92 Å². The lowest BCUT2D eigenvalue weighted by Crippen LogP contribution is -2.39. The molecule has 1 aliphatic heterocycles. The number of halogens is 1. The number of nitrogens with zero attached hydrogens (tertiary/aromatic N) is 1. The van der Waals surface area contributed by atoms with Crippen molar-refractivity contribution >= 4 is 29.7 Å². The lowest BCUT2D eigenvalue weighted by atomic mass is 9.93. The summed E-state index contributed by atoms with van der Waals surface area (Å²) in [6.45, 7) is 2.77. The topological polar surface area (TPSA) is 44.4 Å². The van der Waals surface area contributed by atoms with E-state index in [1.54, 1.807) is 0 Å². The van der Waals surface area contributed by atoms with Crippen LogP contribution >= 0.6 is 12.4 Å². The Bertz CT molecular complexity index is 685. The van der Waals surface area contributed by atoms with Gasteiger partial charge in [0.15, 0.2) is 0 Å². The Hall–Kier alpha value is -2.04. The van der Waals surface area contributed by atoms with Crippen molar-refractivity contribution in [1.82, 2.24) is 10.2 Å². The Morgan fingerprint density at radius 1 is 1.04 bits per heavy atom. The van der Waals surface area contributed by atoms with Gasteiger partial charge in [-0.05, 0) is 63.0 Å². The molecule has 26 heavy (non-hydrogen) atoms. The molecular weight excluding hydrogens is 346 g/mol. The number of rotatable bonds is 6. The molecule has 3 rings (SSSR count). The molecule has 1 aliphatic rings. The molecule has 2 aromatic carbocycles. The van der Waals surface area contributed by atoms with Gasteiger partial charge in [-0.3, -0.25) is 4.79 Å². The molecule has 1 heterocycles. The van der Waals surface area contributed by atoms with Crippen LogP contribution in [0.3, 0.4) is 0 Å². The summed E-state index contributed by atoms with van der Waals surface area (Å²) in [5, 5.41) is 6.59. The van der Waals surface area contributed by atoms with E-state index in [0.717, 1.165) is 55.3 Å². The predicted molar refractivity (Wildman–Crippen MR) is 111 cm³/mol. The Kier molecular flexibility index (Phi) is 7.95. The SMILES string of the molecule is CNCCC1CCN(C(=O)c2ccccc2Nc2ccccc2)CC1.Cl. The standard InChI is InChI=1S/C21H27N3O.ClH/c1-22-14-11-17-12-15-24(16-13-17)21(25)19-9-5-6-10-20(19)23-18-7-3-2-4-8-18;/h2-10,17,22-23H,11-16H2,1H3;1H. The monoisotopic (exact) mass is 373 g/mol. The van der Waals surface area contributed by atoms with Gasteiger partial charge in [0.25, 0.3) is 5.91 Å². The number of amides is 1. The number of nitrogens with one attached hydrogen (secondary N) is 2. The molecule has 0 aromatic heterocycles. The summed E-state index contributed by atoms with van der Waals surface area (Å²) in [5.41, 5.74) is 2.62. The van der Waals surface area contributed by atoms with Crippen molar-refractivity contribution in [2.75, 3.05) is 32.0 Å². The van der Waals surface area contributed by atoms with Gasteiger partial charge in [-0.25, -0.2) is 0 Å². The second-order valence-electron chi connectivity index (χ2n) is 6.66. The minimum Gasteiger partial charge on any atom is -0.355 e. The second-order valence-corrected chi connectivity index (χ2v) is 6.66. The highest BCUT2D eigenvalue weighted by Crippen LogP contribution is 2.25. The molecule has 5 heteroatoms. The molecule has 2 N–H and O–H groups in total. The van der Waals surface area contributed by atoms with Crippen molar-refractivity contribution in [3.8, 4) is 0 Å². The van der Waals surface area contributed by atoms with Crippen molar-refractivity contribution in [2.24, 2.45) is 5.92 Å². The molecule has 0 saturated carbocycles. The zero-order valence-corrected chi connectivity index (χ0v) is 16.1. The smallest absolute Gasteiger partial charge is 0.255 e. The Morgan fingerprint density at radius 2 is 1.69 bits per heavy atom. The lowest BCUT2D eigenvalue weighted by Gasteiger charge is -2.32. The van der Waals surface area contributed by atoms with Crippen LogP contribution in [-0.2, 0) is 0 Å². The van der Waals surface area contributed by atoms with E-state index in [9.17, 15) is 4.79 Å². The Balaban J connectivity index is 0.00000243. The molecule has 0 unspecified atom stereocenters. The molecule has 0 atom stereocenters. The number of benzene rings is 2. The van der Waals surface area contributed by atoms with Crippen LogP contribution in [-0.4, -0.2) is 37.5 Å². The molecule has 0 bridgehead atoms. The molecule has 1 saturated heterocycles. The van der Waals surface area contributed by atoms with Crippen LogP contribution < -0.4 is 10.6 Å². The summed E-state index contributed by atoms with van der Waals surface area (Å²) in [4.78, 5) is 15.0. The Morgan fingerprint density at radius 3 is 2.38 bits per heavy atom. The van der Waals surface area contributed by atoms with Gasteiger partial charge in [-0.2, -0.15) is 0 Å². The van der Waals surface area contributed by atoms with Crippen LogP contribution in [0.15, 0.2) is 54.6 Å². The van der Waals surface area contributed by atoms with Crippen LogP contribution in [0.1, 0.15) is 29.6 Å². The number of anilines is 2. The number of carbonyl (C=O) groups is 1. The predicted octanol–water partition coefficient (Wildman–Crippen LogP) is 4.31. The Labute approximate surface area is 162 Å². The minimum absolute atomic E-state index is 0. The van der Waals surface area contributed by atoms with Gasteiger partial charge in [0.1, 0.15) is 0 Å². The van der Waals surface area contributed by atoms with Crippen molar-refractivity contribution in [1.29, 1.82) is 0 Å². The summed E-state index contributed by atoms with van der Waals surface area (Å²) in [7, 11) is 2.00. The lowest BCUT2D eigenvalue weighted by molar-refractivity contribution is 0.0688. The third-order valence-electron chi connectivity index (χ3n) is 4.91. The first-order chi connectivity index (χ1) is 12.3. The molecular formula is C21H28ClN3O. The van der Waals surface area contributed by atoms with E-state index in [2.05, 4.69) is 10.6 Å². The largest absolute Gasteiger partial charge is 0.355 e. The van der Waals surface area contributed by atoms with Gasteiger partial charge < -0.3 is 15.5 Å². The highest BCUT2D eigenvalue weighted by Gasteiger charge is 2.24. The maximum atomic E-state index is 13.0. The van der Waals surface area contributed by atoms with Crippen LogP contribution in [0.2, 0.25) is 0 Å². The number of piperidine rings is 1. The molecule has 140 valence electrons. The molecule has 2 aromatic rings. The fourth-order valence-electron chi connectivity index (χ4n) is 3.40. The minimum atomic E-state index is 0. The van der Waals surface area contributed by atoms with E-state index < -0.39 is 0 Å². The van der Waals surface area contributed by atoms with Crippen molar-refractivity contribution in [2.45, 2.75) is 19.3 Å². The van der Waals surface area contributed by atoms with Crippen LogP contribution in [0.4, 0.5) is 11.4 Å². The van der Waals surface area contributed by atoms with Gasteiger partial charge in [0.2, 0.25) is 0 Å². The second kappa shape index (κ2) is 10.2. The highest BCUT2D eigenvalue weighted by molar-refractivity contribution is 6.00. The van der Waals surface area contributed by atoms with E-state index in [1.807, 2.05) is 66.5 Å².